The molecule has 0 heterocycles. The molecule has 1 atom stereocenters. The summed E-state index contributed by atoms with van der Waals surface area (Å²) >= 11 is 0. The molecule has 0 radical (unpaired) electrons. The van der Waals surface area contributed by atoms with E-state index in [9.17, 15) is 9.59 Å². The number of rotatable bonds is 15. The number of carbonyl (C=O) groups excluding carboxylic acids is 1. The molecule has 0 aliphatic rings. The number of carboxylic acids is 1. The van der Waals surface area contributed by atoms with Crippen molar-refractivity contribution in [3.8, 4) is 0 Å². The van der Waals surface area contributed by atoms with Crippen LogP contribution in [0.25, 0.3) is 0 Å². The molecule has 0 aliphatic carbocycles. The Balaban J connectivity index is 3.43. The summed E-state index contributed by atoms with van der Waals surface area (Å²) in [5.74, 6) is -0.272. The van der Waals surface area contributed by atoms with E-state index in [1.165, 1.54) is 12.8 Å². The van der Waals surface area contributed by atoms with Gasteiger partial charge in [-0.1, -0.05) is 58.8 Å². The summed E-state index contributed by atoms with van der Waals surface area (Å²) in [6.45, 7) is 4.91. The molecule has 0 rings (SSSR count). The first-order valence-corrected chi connectivity index (χ1v) is 8.97. The maximum atomic E-state index is 11.7. The van der Waals surface area contributed by atoms with Crippen LogP contribution < -0.4 is 0 Å². The van der Waals surface area contributed by atoms with Crippen molar-refractivity contribution in [3.05, 3.63) is 0 Å². The van der Waals surface area contributed by atoms with Gasteiger partial charge in [-0.05, 0) is 25.2 Å². The van der Waals surface area contributed by atoms with E-state index in [4.69, 9.17) is 9.84 Å². The molecule has 0 saturated heterocycles. The number of unbranched alkanes of at least 4 members (excludes halogenated alkanes) is 6. The monoisotopic (exact) mass is 314 g/mol. The second-order valence-electron chi connectivity index (χ2n) is 6.11. The van der Waals surface area contributed by atoms with Crippen LogP contribution in [0, 0.1) is 5.92 Å². The first-order valence-electron chi connectivity index (χ1n) is 8.97. The van der Waals surface area contributed by atoms with Gasteiger partial charge in [-0.15, -0.1) is 0 Å². The van der Waals surface area contributed by atoms with Gasteiger partial charge >= 0.3 is 11.9 Å². The van der Waals surface area contributed by atoms with Crippen molar-refractivity contribution in [2.75, 3.05) is 6.61 Å². The second kappa shape index (κ2) is 14.9. The largest absolute Gasteiger partial charge is 0.481 e. The average molecular weight is 314 g/mol. The quantitative estimate of drug-likeness (QED) is 0.343. The fraction of sp³-hybridized carbons (Fsp3) is 0.889. The van der Waals surface area contributed by atoms with Crippen molar-refractivity contribution < 1.29 is 19.4 Å². The fourth-order valence-corrected chi connectivity index (χ4v) is 2.43. The first-order chi connectivity index (χ1) is 10.6. The van der Waals surface area contributed by atoms with Crippen LogP contribution in [0.4, 0.5) is 0 Å². The number of aliphatic carboxylic acids is 1. The van der Waals surface area contributed by atoms with E-state index in [0.29, 0.717) is 18.9 Å². The van der Waals surface area contributed by atoms with Gasteiger partial charge in [0.25, 0.3) is 0 Å². The van der Waals surface area contributed by atoms with Gasteiger partial charge in [0.2, 0.25) is 0 Å². The van der Waals surface area contributed by atoms with Gasteiger partial charge in [-0.2, -0.15) is 0 Å². The third-order valence-corrected chi connectivity index (χ3v) is 4.04. The highest BCUT2D eigenvalue weighted by atomic mass is 16.5. The van der Waals surface area contributed by atoms with Gasteiger partial charge < -0.3 is 9.84 Å². The Morgan fingerprint density at radius 2 is 1.50 bits per heavy atom. The van der Waals surface area contributed by atoms with Crippen LogP contribution in [-0.4, -0.2) is 23.7 Å². The molecule has 22 heavy (non-hydrogen) atoms. The Kier molecular flexibility index (Phi) is 14.1. The summed E-state index contributed by atoms with van der Waals surface area (Å²) in [4.78, 5) is 22.0. The van der Waals surface area contributed by atoms with Crippen molar-refractivity contribution in [3.63, 3.8) is 0 Å². The Bertz CT molecular complexity index is 289. The van der Waals surface area contributed by atoms with E-state index in [-0.39, 0.29) is 12.4 Å². The molecule has 4 nitrogen and oxygen atoms in total. The Morgan fingerprint density at radius 3 is 2.05 bits per heavy atom. The standard InChI is InChI=1S/C18H34O4/c1-3-5-12-16(4-2)15-22-18(21)14-11-9-7-6-8-10-13-17(19)20/h16H,3-15H2,1-2H3,(H,19,20). The van der Waals surface area contributed by atoms with Crippen LogP contribution >= 0.6 is 0 Å². The molecule has 0 saturated carbocycles. The minimum atomic E-state index is -0.716. The molecular formula is C18H34O4. The van der Waals surface area contributed by atoms with E-state index in [1.54, 1.807) is 0 Å². The number of hydrogen-bond acceptors (Lipinski definition) is 3. The van der Waals surface area contributed by atoms with E-state index in [1.807, 2.05) is 0 Å². The highest BCUT2D eigenvalue weighted by molar-refractivity contribution is 5.69. The molecule has 4 heteroatoms. The van der Waals surface area contributed by atoms with Crippen LogP contribution in [0.1, 0.15) is 90.9 Å². The van der Waals surface area contributed by atoms with Crippen LogP contribution in [0.3, 0.4) is 0 Å². The maximum Gasteiger partial charge on any atom is 0.305 e. The van der Waals surface area contributed by atoms with Gasteiger partial charge in [-0.25, -0.2) is 0 Å². The summed E-state index contributed by atoms with van der Waals surface area (Å²) < 4.78 is 5.36. The summed E-state index contributed by atoms with van der Waals surface area (Å²) in [7, 11) is 0. The second-order valence-corrected chi connectivity index (χ2v) is 6.11. The number of ether oxygens (including phenoxy) is 1. The van der Waals surface area contributed by atoms with Gasteiger partial charge in [0.15, 0.2) is 0 Å². The molecule has 0 bridgehead atoms. The fourth-order valence-electron chi connectivity index (χ4n) is 2.43. The zero-order valence-electron chi connectivity index (χ0n) is 14.4. The third kappa shape index (κ3) is 13.9. The van der Waals surface area contributed by atoms with Crippen molar-refractivity contribution in [2.24, 2.45) is 5.92 Å². The highest BCUT2D eigenvalue weighted by Crippen LogP contribution is 2.14. The molecule has 0 spiro atoms. The average Bonchev–Trinajstić information content (AvgIpc) is 2.49. The lowest BCUT2D eigenvalue weighted by Crippen LogP contribution is -2.13. The summed E-state index contributed by atoms with van der Waals surface area (Å²) in [5, 5.41) is 8.52. The number of carboxylic acid groups (broad SMARTS) is 1. The molecule has 0 aliphatic heterocycles. The predicted octanol–water partition coefficient (Wildman–Crippen LogP) is 4.95. The van der Waals surface area contributed by atoms with E-state index in [2.05, 4.69) is 13.8 Å². The van der Waals surface area contributed by atoms with E-state index in [0.717, 1.165) is 51.4 Å². The van der Waals surface area contributed by atoms with Crippen LogP contribution in [-0.2, 0) is 14.3 Å². The number of carbonyl (C=O) groups is 2. The summed E-state index contributed by atoms with van der Waals surface area (Å²) in [6, 6.07) is 0. The van der Waals surface area contributed by atoms with Gasteiger partial charge in [0, 0.05) is 12.8 Å². The van der Waals surface area contributed by atoms with Crippen molar-refractivity contribution in [2.45, 2.75) is 90.9 Å². The molecule has 130 valence electrons. The third-order valence-electron chi connectivity index (χ3n) is 4.04. The molecule has 0 amide bonds. The molecule has 0 aromatic carbocycles. The van der Waals surface area contributed by atoms with Crippen molar-refractivity contribution in [1.29, 1.82) is 0 Å². The molecular weight excluding hydrogens is 280 g/mol. The molecule has 0 aromatic heterocycles. The molecule has 1 unspecified atom stereocenters. The topological polar surface area (TPSA) is 63.6 Å². The number of esters is 1. The van der Waals surface area contributed by atoms with Crippen LogP contribution in [0.5, 0.6) is 0 Å². The molecule has 0 fully saturated rings. The van der Waals surface area contributed by atoms with Gasteiger partial charge in [-0.3, -0.25) is 9.59 Å². The van der Waals surface area contributed by atoms with Crippen LogP contribution in [0.15, 0.2) is 0 Å². The Morgan fingerprint density at radius 1 is 0.909 bits per heavy atom. The minimum absolute atomic E-state index is 0.0687. The van der Waals surface area contributed by atoms with E-state index < -0.39 is 5.97 Å². The number of hydrogen-bond donors (Lipinski definition) is 1. The SMILES string of the molecule is CCCCC(CC)COC(=O)CCCCCCCCC(=O)O. The smallest absolute Gasteiger partial charge is 0.305 e. The van der Waals surface area contributed by atoms with E-state index >= 15 is 0 Å². The van der Waals surface area contributed by atoms with Crippen LogP contribution in [0.2, 0.25) is 0 Å². The molecule has 0 aromatic rings. The lowest BCUT2D eigenvalue weighted by Gasteiger charge is -2.14. The zero-order chi connectivity index (χ0) is 16.6. The first kappa shape index (κ1) is 20.9. The predicted molar refractivity (Wildman–Crippen MR) is 88.8 cm³/mol. The van der Waals surface area contributed by atoms with Crippen molar-refractivity contribution in [1.82, 2.24) is 0 Å². The lowest BCUT2D eigenvalue weighted by molar-refractivity contribution is -0.145. The van der Waals surface area contributed by atoms with Gasteiger partial charge in [0.1, 0.15) is 0 Å². The van der Waals surface area contributed by atoms with Crippen molar-refractivity contribution >= 4 is 11.9 Å². The highest BCUT2D eigenvalue weighted by Gasteiger charge is 2.09. The normalized spacial score (nSPS) is 12.1. The minimum Gasteiger partial charge on any atom is -0.481 e. The lowest BCUT2D eigenvalue weighted by atomic mass is 10.0. The Labute approximate surface area is 135 Å². The zero-order valence-corrected chi connectivity index (χ0v) is 14.4. The van der Waals surface area contributed by atoms with Gasteiger partial charge in [0.05, 0.1) is 6.61 Å². The summed E-state index contributed by atoms with van der Waals surface area (Å²) in [6.07, 6.45) is 11.1. The molecule has 1 N–H and O–H groups in total. The summed E-state index contributed by atoms with van der Waals surface area (Å²) in [5.41, 5.74) is 0. The Hall–Kier alpha value is -1.06. The maximum absolute atomic E-state index is 11.7.